The first-order valence-corrected chi connectivity index (χ1v) is 12.2. The van der Waals surface area contributed by atoms with Crippen LogP contribution >= 0.6 is 0 Å². The van der Waals surface area contributed by atoms with E-state index in [1.807, 2.05) is 0 Å². The molecule has 7 rings (SSSR count). The van der Waals surface area contributed by atoms with Gasteiger partial charge >= 0.3 is 0 Å². The average molecular weight is 423 g/mol. The van der Waals surface area contributed by atoms with Gasteiger partial charge in [-0.05, 0) is 98.2 Å². The van der Waals surface area contributed by atoms with E-state index in [0.29, 0.717) is 0 Å². The lowest BCUT2D eigenvalue weighted by atomic mass is 9.81. The normalized spacial score (nSPS) is 14.8. The minimum absolute atomic E-state index is 1.00. The van der Waals surface area contributed by atoms with E-state index in [2.05, 4.69) is 97.1 Å². The number of fused-ring (bicyclic) bond motifs is 4. The van der Waals surface area contributed by atoms with Crippen molar-refractivity contribution in [1.29, 1.82) is 0 Å². The van der Waals surface area contributed by atoms with Crippen LogP contribution in [0.15, 0.2) is 91.0 Å². The Morgan fingerprint density at radius 3 is 1.82 bits per heavy atom. The maximum Gasteiger partial charge on any atom is -0.00132 e. The molecule has 0 aliphatic heterocycles. The Hall–Kier alpha value is -3.64. The SMILES string of the molecule is C1=C(c2c3ccccc3c(-c3cccc4c3CCCC4)c3ccccc23)Cc2ccccc21. The van der Waals surface area contributed by atoms with Crippen LogP contribution in [0.25, 0.3) is 44.3 Å². The molecule has 0 aromatic heterocycles. The van der Waals surface area contributed by atoms with Crippen molar-refractivity contribution in [3.63, 3.8) is 0 Å². The molecule has 0 atom stereocenters. The number of aryl methyl sites for hydroxylation is 1. The van der Waals surface area contributed by atoms with Crippen molar-refractivity contribution in [2.24, 2.45) is 0 Å². The molecular formula is C33H26. The molecule has 2 aliphatic carbocycles. The van der Waals surface area contributed by atoms with Crippen molar-refractivity contribution in [3.05, 3.63) is 119 Å². The predicted molar refractivity (Wildman–Crippen MR) is 142 cm³/mol. The van der Waals surface area contributed by atoms with E-state index >= 15 is 0 Å². The van der Waals surface area contributed by atoms with Gasteiger partial charge in [0.1, 0.15) is 0 Å². The third-order valence-corrected chi connectivity index (χ3v) is 7.68. The summed E-state index contributed by atoms with van der Waals surface area (Å²) in [6.07, 6.45) is 8.42. The number of hydrogen-bond acceptors (Lipinski definition) is 0. The van der Waals surface area contributed by atoms with Crippen LogP contribution in [-0.4, -0.2) is 0 Å². The van der Waals surface area contributed by atoms with Crippen LogP contribution in [0.1, 0.15) is 40.7 Å². The van der Waals surface area contributed by atoms with Gasteiger partial charge in [-0.25, -0.2) is 0 Å². The fraction of sp³-hybridized carbons (Fsp3) is 0.152. The molecule has 0 unspecified atom stereocenters. The third-order valence-electron chi connectivity index (χ3n) is 7.68. The molecule has 0 amide bonds. The summed E-state index contributed by atoms with van der Waals surface area (Å²) in [7, 11) is 0. The van der Waals surface area contributed by atoms with Gasteiger partial charge in [-0.3, -0.25) is 0 Å². The lowest BCUT2D eigenvalue weighted by Crippen LogP contribution is -2.05. The van der Waals surface area contributed by atoms with Crippen LogP contribution < -0.4 is 0 Å². The van der Waals surface area contributed by atoms with Crippen LogP contribution in [0, 0.1) is 0 Å². The second kappa shape index (κ2) is 7.46. The van der Waals surface area contributed by atoms with Gasteiger partial charge in [0.2, 0.25) is 0 Å². The summed E-state index contributed by atoms with van der Waals surface area (Å²) in [4.78, 5) is 0. The molecule has 2 aliphatic rings. The van der Waals surface area contributed by atoms with Crippen molar-refractivity contribution in [3.8, 4) is 11.1 Å². The molecule has 0 heteroatoms. The van der Waals surface area contributed by atoms with Gasteiger partial charge in [-0.1, -0.05) is 97.1 Å². The Labute approximate surface area is 195 Å². The second-order valence-corrected chi connectivity index (χ2v) is 9.54. The van der Waals surface area contributed by atoms with E-state index in [9.17, 15) is 0 Å². The quantitative estimate of drug-likeness (QED) is 0.250. The first-order valence-electron chi connectivity index (χ1n) is 12.2. The van der Waals surface area contributed by atoms with Crippen LogP contribution in [0.3, 0.4) is 0 Å². The maximum atomic E-state index is 2.41. The first-order chi connectivity index (χ1) is 16.4. The molecule has 0 heterocycles. The van der Waals surface area contributed by atoms with E-state index in [4.69, 9.17) is 0 Å². The van der Waals surface area contributed by atoms with E-state index < -0.39 is 0 Å². The van der Waals surface area contributed by atoms with Gasteiger partial charge in [-0.15, -0.1) is 0 Å². The van der Waals surface area contributed by atoms with Crippen molar-refractivity contribution in [2.75, 3.05) is 0 Å². The maximum absolute atomic E-state index is 2.41. The summed E-state index contributed by atoms with van der Waals surface area (Å²) in [5.41, 5.74) is 11.6. The number of rotatable bonds is 2. The zero-order valence-electron chi connectivity index (χ0n) is 18.8. The van der Waals surface area contributed by atoms with Crippen molar-refractivity contribution in [1.82, 2.24) is 0 Å². The molecular weight excluding hydrogens is 396 g/mol. The Morgan fingerprint density at radius 1 is 0.485 bits per heavy atom. The lowest BCUT2D eigenvalue weighted by molar-refractivity contribution is 0.687. The highest BCUT2D eigenvalue weighted by Crippen LogP contribution is 2.46. The summed E-state index contributed by atoms with van der Waals surface area (Å²) >= 11 is 0. The topological polar surface area (TPSA) is 0 Å². The third kappa shape index (κ3) is 2.91. The highest BCUT2D eigenvalue weighted by molar-refractivity contribution is 6.20. The molecule has 0 saturated heterocycles. The van der Waals surface area contributed by atoms with Crippen molar-refractivity contribution >= 4 is 33.2 Å². The van der Waals surface area contributed by atoms with E-state index in [-0.39, 0.29) is 0 Å². The molecule has 158 valence electrons. The summed E-state index contributed by atoms with van der Waals surface area (Å²) in [6, 6.07) is 34.0. The molecule has 5 aromatic carbocycles. The van der Waals surface area contributed by atoms with Crippen molar-refractivity contribution in [2.45, 2.75) is 32.1 Å². The summed E-state index contributed by atoms with van der Waals surface area (Å²) < 4.78 is 0. The second-order valence-electron chi connectivity index (χ2n) is 9.54. The van der Waals surface area contributed by atoms with E-state index in [1.54, 1.807) is 11.1 Å². The van der Waals surface area contributed by atoms with Gasteiger partial charge in [0.15, 0.2) is 0 Å². The molecule has 5 aromatic rings. The van der Waals surface area contributed by atoms with Crippen molar-refractivity contribution < 1.29 is 0 Å². The van der Waals surface area contributed by atoms with Crippen LogP contribution in [0.5, 0.6) is 0 Å². The zero-order chi connectivity index (χ0) is 21.8. The van der Waals surface area contributed by atoms with Gasteiger partial charge < -0.3 is 0 Å². The van der Waals surface area contributed by atoms with Crippen LogP contribution in [-0.2, 0) is 19.3 Å². The summed E-state index contributed by atoms with van der Waals surface area (Å²) in [5, 5.41) is 5.50. The fourth-order valence-corrected chi connectivity index (χ4v) is 6.22. The van der Waals surface area contributed by atoms with Gasteiger partial charge in [0, 0.05) is 0 Å². The van der Waals surface area contributed by atoms with Gasteiger partial charge in [0.25, 0.3) is 0 Å². The average Bonchev–Trinajstić information content (AvgIpc) is 3.31. The fourth-order valence-electron chi connectivity index (χ4n) is 6.22. The van der Waals surface area contributed by atoms with Gasteiger partial charge in [0.05, 0.1) is 0 Å². The minimum Gasteiger partial charge on any atom is -0.0619 e. The van der Waals surface area contributed by atoms with E-state index in [1.165, 1.54) is 80.6 Å². The Morgan fingerprint density at radius 2 is 1.09 bits per heavy atom. The molecule has 0 fully saturated rings. The highest BCUT2D eigenvalue weighted by Gasteiger charge is 2.23. The molecule has 0 bridgehead atoms. The lowest BCUT2D eigenvalue weighted by Gasteiger charge is -2.23. The smallest absolute Gasteiger partial charge is 0.00132 e. The molecule has 0 radical (unpaired) electrons. The summed E-state index contributed by atoms with van der Waals surface area (Å²) in [5.74, 6) is 0. The van der Waals surface area contributed by atoms with Crippen LogP contribution in [0.2, 0.25) is 0 Å². The Balaban J connectivity index is 1.58. The zero-order valence-corrected chi connectivity index (χ0v) is 18.8. The van der Waals surface area contributed by atoms with E-state index in [0.717, 1.165) is 6.42 Å². The molecule has 0 saturated carbocycles. The largest absolute Gasteiger partial charge is 0.0619 e. The minimum atomic E-state index is 1.00. The summed E-state index contributed by atoms with van der Waals surface area (Å²) in [6.45, 7) is 0. The number of benzene rings is 5. The monoisotopic (exact) mass is 422 g/mol. The number of hydrogen-bond donors (Lipinski definition) is 0. The number of allylic oxidation sites excluding steroid dienone is 1. The molecule has 0 spiro atoms. The highest BCUT2D eigenvalue weighted by atomic mass is 14.3. The first kappa shape index (κ1) is 18.9. The molecule has 0 N–H and O–H groups in total. The Kier molecular flexibility index (Phi) is 4.27. The van der Waals surface area contributed by atoms with Gasteiger partial charge in [-0.2, -0.15) is 0 Å². The Bertz CT molecular complexity index is 1520. The standard InChI is InChI=1S/C33H26/c1-2-12-24-21-25(20-23(24)11-1)32-28-15-5-7-17-30(28)33(31-18-8-6-16-29(31)32)27-19-9-13-22-10-3-4-14-26(22)27/h1-2,5-9,11-13,15-20H,3-4,10,14,21H2. The van der Waals surface area contributed by atoms with Crippen LogP contribution in [0.4, 0.5) is 0 Å². The molecule has 0 nitrogen and oxygen atoms in total. The predicted octanol–water partition coefficient (Wildman–Crippen LogP) is 8.64. The molecule has 33 heavy (non-hydrogen) atoms.